The van der Waals surface area contributed by atoms with Crippen LogP contribution in [0, 0.1) is 20.8 Å². The molecule has 12 rings (SSSR count). The van der Waals surface area contributed by atoms with Crippen LogP contribution in [0.25, 0.3) is 70.0 Å². The summed E-state index contributed by atoms with van der Waals surface area (Å²) in [6.45, 7) is 42.7. The highest BCUT2D eigenvalue weighted by Gasteiger charge is 2.35. The Hall–Kier alpha value is -7.67. The van der Waals surface area contributed by atoms with Gasteiger partial charge in [0, 0.05) is 66.1 Å². The van der Waals surface area contributed by atoms with Gasteiger partial charge in [-0.25, -0.2) is 4.98 Å². The van der Waals surface area contributed by atoms with E-state index in [1.54, 1.807) is 0 Å². The van der Waals surface area contributed by atoms with E-state index >= 15 is 0 Å². The second-order valence-electron chi connectivity index (χ2n) is 28.8. The summed E-state index contributed by atoms with van der Waals surface area (Å²) in [4.78, 5) is 10.2. The smallest absolute Gasteiger partial charge is 0.137 e. The number of para-hydroxylation sites is 2. The predicted molar refractivity (Wildman–Crippen MR) is 359 cm³/mol. The third-order valence-corrected chi connectivity index (χ3v) is 18.9. The lowest BCUT2D eigenvalue weighted by atomic mass is 9.76. The molecule has 0 amide bonds. The number of rotatable bonds is 7. The summed E-state index contributed by atoms with van der Waals surface area (Å²) in [7, 11) is 0. The van der Waals surface area contributed by atoms with Crippen LogP contribution >= 0.6 is 11.3 Å². The first kappa shape index (κ1) is 55.8. The van der Waals surface area contributed by atoms with E-state index in [-0.39, 0.29) is 27.1 Å². The molecule has 0 bridgehead atoms. The van der Waals surface area contributed by atoms with Gasteiger partial charge < -0.3 is 14.5 Å². The third kappa shape index (κ3) is 9.89. The third-order valence-electron chi connectivity index (χ3n) is 17.7. The number of ether oxygens (including phenoxy) is 1. The predicted octanol–water partition coefficient (Wildman–Crippen LogP) is 22.3. The molecular weight excluding hydrogens is 1030 g/mol. The van der Waals surface area contributed by atoms with E-state index in [2.05, 4.69) is 291 Å². The fourth-order valence-electron chi connectivity index (χ4n) is 12.4. The molecule has 5 nitrogen and oxygen atoms in total. The number of anilines is 4. The normalized spacial score (nSPS) is 13.6. The lowest BCUT2D eigenvalue weighted by molar-refractivity contribution is 0.483. The lowest BCUT2D eigenvalue weighted by Crippen LogP contribution is -2.26. The van der Waals surface area contributed by atoms with Crippen molar-refractivity contribution in [3.63, 3.8) is 0 Å². The number of aromatic nitrogens is 2. The van der Waals surface area contributed by atoms with E-state index in [9.17, 15) is 0 Å². The number of thiophene rings is 1. The number of nitrogens with zero attached hydrogens (tertiary/aromatic N) is 4. The van der Waals surface area contributed by atoms with Crippen LogP contribution in [0.3, 0.4) is 0 Å². The minimum absolute atomic E-state index is 0.0492. The topological polar surface area (TPSA) is 33.5 Å². The van der Waals surface area contributed by atoms with Gasteiger partial charge in [0.05, 0.1) is 28.1 Å². The van der Waals surface area contributed by atoms with E-state index in [0.29, 0.717) is 6.67 Å². The highest BCUT2D eigenvalue weighted by Crippen LogP contribution is 2.55. The van der Waals surface area contributed by atoms with Crippen molar-refractivity contribution in [1.29, 1.82) is 0 Å². The summed E-state index contributed by atoms with van der Waals surface area (Å²) < 4.78 is 12.0. The molecule has 0 saturated carbocycles. The van der Waals surface area contributed by atoms with Gasteiger partial charge in [0.15, 0.2) is 0 Å². The first-order chi connectivity index (χ1) is 39.0. The van der Waals surface area contributed by atoms with Crippen LogP contribution < -0.4 is 14.5 Å². The average Bonchev–Trinajstić information content (AvgIpc) is 1.84. The summed E-state index contributed by atoms with van der Waals surface area (Å²) >= 11 is 1.87. The summed E-state index contributed by atoms with van der Waals surface area (Å²) in [5, 5.41) is 4.99. The van der Waals surface area contributed by atoms with Gasteiger partial charge in [-0.1, -0.05) is 183 Å². The van der Waals surface area contributed by atoms with E-state index in [4.69, 9.17) is 9.72 Å². The van der Waals surface area contributed by atoms with E-state index in [1.807, 2.05) is 17.5 Å². The summed E-state index contributed by atoms with van der Waals surface area (Å²) in [5.74, 6) is 2.43. The van der Waals surface area contributed by atoms with Crippen LogP contribution in [0.1, 0.15) is 148 Å². The standard InChI is InChI=1S/C77H82N4OS/c1-46-47(2)68(49-36-52(74(7,8)9)40-53(37-49)75(10,11)12)71(69(48(46)3)50-38-54(76(13,14)15)41-55(39-50)77(16,17)18)80-45-79(62-27-20-21-28-63(62)80)56-24-23-25-57(43-56)82-58-30-31-61-65(44-58)81(67-42-51(34-35-78-67)73(4,5)6)64-33-32-60-59-26-19-22-29-66(59)83-72(60)70(61)64/h19-44H,45H2,1-18H3. The zero-order chi connectivity index (χ0) is 59.0. The molecule has 1 aliphatic rings. The van der Waals surface area contributed by atoms with Crippen molar-refractivity contribution in [2.24, 2.45) is 0 Å². The molecule has 422 valence electrons. The molecule has 0 saturated heterocycles. The Morgan fingerprint density at radius 1 is 0.434 bits per heavy atom. The minimum Gasteiger partial charge on any atom is -0.457 e. The van der Waals surface area contributed by atoms with Crippen LogP contribution in [-0.2, 0) is 27.1 Å². The van der Waals surface area contributed by atoms with E-state index in [1.165, 1.54) is 109 Å². The van der Waals surface area contributed by atoms with Gasteiger partial charge in [0.2, 0.25) is 0 Å². The van der Waals surface area contributed by atoms with Crippen molar-refractivity contribution in [2.45, 2.75) is 152 Å². The van der Waals surface area contributed by atoms with Gasteiger partial charge in [0.25, 0.3) is 0 Å². The van der Waals surface area contributed by atoms with Crippen molar-refractivity contribution in [2.75, 3.05) is 16.5 Å². The molecule has 83 heavy (non-hydrogen) atoms. The molecule has 3 aromatic heterocycles. The van der Waals surface area contributed by atoms with Crippen molar-refractivity contribution >= 4 is 76.1 Å². The first-order valence-electron chi connectivity index (χ1n) is 29.8. The molecule has 0 radical (unpaired) electrons. The number of benzene rings is 8. The minimum atomic E-state index is -0.0642. The van der Waals surface area contributed by atoms with Crippen molar-refractivity contribution < 1.29 is 4.74 Å². The number of fused-ring (bicyclic) bond motifs is 8. The maximum Gasteiger partial charge on any atom is 0.137 e. The summed E-state index contributed by atoms with van der Waals surface area (Å²) in [6.07, 6.45) is 1.96. The van der Waals surface area contributed by atoms with Crippen LogP contribution in [-0.4, -0.2) is 16.2 Å². The Balaban J connectivity index is 1.02. The van der Waals surface area contributed by atoms with Gasteiger partial charge in [-0.2, -0.15) is 0 Å². The molecule has 11 aromatic rings. The SMILES string of the molecule is Cc1c(C)c(-c2cc(C(C)(C)C)cc(C(C)(C)C)c2)c(N2CN(c3cccc(Oc4ccc5c6c7sc8ccccc8c7ccc6n(-c6cc(C(C)(C)C)ccn6)c5c4)c3)c3ccccc32)c(-c2cc(C(C)(C)C)cc(C(C)(C)C)c2)c1C. The Kier molecular flexibility index (Phi) is 13.3. The van der Waals surface area contributed by atoms with Gasteiger partial charge in [-0.3, -0.25) is 4.57 Å². The molecule has 8 aromatic carbocycles. The molecule has 0 unspecified atom stereocenters. The maximum absolute atomic E-state index is 7.07. The van der Waals surface area contributed by atoms with Crippen molar-refractivity contribution in [3.05, 3.63) is 202 Å². The lowest BCUT2D eigenvalue weighted by Gasteiger charge is -2.33. The Morgan fingerprint density at radius 2 is 0.964 bits per heavy atom. The molecule has 0 atom stereocenters. The van der Waals surface area contributed by atoms with Gasteiger partial charge in [0.1, 0.15) is 24.0 Å². The Morgan fingerprint density at radius 3 is 1.54 bits per heavy atom. The highest BCUT2D eigenvalue weighted by atomic mass is 32.1. The number of hydrogen-bond donors (Lipinski definition) is 0. The first-order valence-corrected chi connectivity index (χ1v) is 30.6. The van der Waals surface area contributed by atoms with Crippen LogP contribution in [0.4, 0.5) is 22.7 Å². The maximum atomic E-state index is 7.07. The quantitative estimate of drug-likeness (QED) is 0.159. The number of pyridine rings is 1. The van der Waals surface area contributed by atoms with Crippen LogP contribution in [0.2, 0.25) is 0 Å². The Bertz CT molecular complexity index is 4230. The van der Waals surface area contributed by atoms with Crippen LogP contribution in [0.5, 0.6) is 11.5 Å². The molecule has 0 N–H and O–H groups in total. The zero-order valence-electron chi connectivity index (χ0n) is 52.3. The molecule has 4 heterocycles. The summed E-state index contributed by atoms with van der Waals surface area (Å²) in [6, 6.07) is 56.9. The van der Waals surface area contributed by atoms with Gasteiger partial charge >= 0.3 is 0 Å². The van der Waals surface area contributed by atoms with Crippen molar-refractivity contribution in [3.8, 4) is 39.6 Å². The average molecular weight is 1110 g/mol. The largest absolute Gasteiger partial charge is 0.457 e. The van der Waals surface area contributed by atoms with E-state index < -0.39 is 0 Å². The molecule has 1 aliphatic heterocycles. The molecular formula is C77H82N4OS. The number of hydrogen-bond acceptors (Lipinski definition) is 5. The van der Waals surface area contributed by atoms with Gasteiger partial charge in [-0.15, -0.1) is 11.3 Å². The second-order valence-corrected chi connectivity index (χ2v) is 29.8. The molecule has 0 aliphatic carbocycles. The zero-order valence-corrected chi connectivity index (χ0v) is 53.1. The fraction of sp³-hybridized carbons (Fsp3) is 0.312. The Labute approximate surface area is 497 Å². The monoisotopic (exact) mass is 1110 g/mol. The molecule has 0 spiro atoms. The highest BCUT2D eigenvalue weighted by molar-refractivity contribution is 7.26. The molecule has 6 heteroatoms. The summed E-state index contributed by atoms with van der Waals surface area (Å²) in [5.41, 5.74) is 22.1. The van der Waals surface area contributed by atoms with Gasteiger partial charge in [-0.05, 0) is 164 Å². The van der Waals surface area contributed by atoms with Crippen molar-refractivity contribution in [1.82, 2.24) is 9.55 Å². The van der Waals surface area contributed by atoms with Crippen LogP contribution in [0.15, 0.2) is 158 Å². The molecule has 0 fully saturated rings. The van der Waals surface area contributed by atoms with E-state index in [0.717, 1.165) is 39.7 Å². The second kappa shape index (κ2) is 19.7. The fourth-order valence-corrected chi connectivity index (χ4v) is 13.7.